The molecule has 0 radical (unpaired) electrons. The lowest BCUT2D eigenvalue weighted by atomic mass is 9.92. The molecule has 0 spiro atoms. The largest absolute Gasteiger partial charge is 0.416 e. The molecular formula is C14H26N2O5S. The van der Waals surface area contributed by atoms with Crippen molar-refractivity contribution in [3.05, 3.63) is 0 Å². The van der Waals surface area contributed by atoms with E-state index in [4.69, 9.17) is 8.92 Å². The van der Waals surface area contributed by atoms with Crippen LogP contribution >= 0.6 is 0 Å². The third-order valence-corrected chi connectivity index (χ3v) is 5.00. The van der Waals surface area contributed by atoms with Crippen LogP contribution < -0.4 is 0 Å². The molecule has 2 saturated heterocycles. The fourth-order valence-electron chi connectivity index (χ4n) is 3.05. The van der Waals surface area contributed by atoms with Crippen LogP contribution in [0.4, 0.5) is 4.79 Å². The summed E-state index contributed by atoms with van der Waals surface area (Å²) >= 11 is 0. The van der Waals surface area contributed by atoms with Gasteiger partial charge < -0.3 is 9.64 Å². The van der Waals surface area contributed by atoms with Gasteiger partial charge in [-0.1, -0.05) is 0 Å². The van der Waals surface area contributed by atoms with E-state index >= 15 is 0 Å². The summed E-state index contributed by atoms with van der Waals surface area (Å²) in [5.41, 5.74) is 0. The number of nitrogens with zero attached hydrogens (tertiary/aromatic N) is 2. The van der Waals surface area contributed by atoms with Crippen LogP contribution in [0.1, 0.15) is 32.6 Å². The fourth-order valence-corrected chi connectivity index (χ4v) is 3.59. The first kappa shape index (κ1) is 17.5. The Labute approximate surface area is 132 Å². The van der Waals surface area contributed by atoms with Gasteiger partial charge in [-0.05, 0) is 58.7 Å². The summed E-state index contributed by atoms with van der Waals surface area (Å²) in [7, 11) is -1.50. The lowest BCUT2D eigenvalue weighted by Crippen LogP contribution is -2.37. The van der Waals surface area contributed by atoms with Crippen molar-refractivity contribution in [2.24, 2.45) is 5.92 Å². The molecule has 1 amide bonds. The van der Waals surface area contributed by atoms with Crippen LogP contribution in [0.25, 0.3) is 0 Å². The molecule has 2 aliphatic heterocycles. The molecule has 22 heavy (non-hydrogen) atoms. The first-order valence-electron chi connectivity index (χ1n) is 7.80. The summed E-state index contributed by atoms with van der Waals surface area (Å²) in [4.78, 5) is 15.7. The van der Waals surface area contributed by atoms with E-state index < -0.39 is 22.5 Å². The molecule has 8 heteroatoms. The van der Waals surface area contributed by atoms with E-state index in [2.05, 4.69) is 11.9 Å². The quantitative estimate of drug-likeness (QED) is 0.681. The Morgan fingerprint density at radius 2 is 1.95 bits per heavy atom. The first-order chi connectivity index (χ1) is 10.3. The third kappa shape index (κ3) is 4.82. The molecule has 0 bridgehead atoms. The average molecular weight is 334 g/mol. The van der Waals surface area contributed by atoms with E-state index in [1.54, 1.807) is 11.8 Å². The zero-order valence-electron chi connectivity index (χ0n) is 13.5. The molecule has 7 nitrogen and oxygen atoms in total. The van der Waals surface area contributed by atoms with Gasteiger partial charge in [0, 0.05) is 6.54 Å². The highest BCUT2D eigenvalue weighted by atomic mass is 32.2. The van der Waals surface area contributed by atoms with Crippen LogP contribution in [0.2, 0.25) is 0 Å². The number of cyclic esters (lactones) is 1. The third-order valence-electron chi connectivity index (χ3n) is 4.46. The van der Waals surface area contributed by atoms with Crippen LogP contribution in [-0.2, 0) is 19.0 Å². The number of hydrogen-bond acceptors (Lipinski definition) is 6. The summed E-state index contributed by atoms with van der Waals surface area (Å²) in [6, 6.07) is -0.389. The molecule has 0 saturated carbocycles. The minimum Gasteiger partial charge on any atom is -0.416 e. The summed E-state index contributed by atoms with van der Waals surface area (Å²) in [6.07, 6.45) is 3.82. The van der Waals surface area contributed by atoms with E-state index in [9.17, 15) is 13.2 Å². The molecule has 2 unspecified atom stereocenters. The molecule has 2 aliphatic rings. The number of rotatable bonds is 6. The number of carbonyl (C=O) groups excluding carboxylic acids is 1. The average Bonchev–Trinajstić information content (AvgIpc) is 2.66. The minimum atomic E-state index is -3.64. The van der Waals surface area contributed by atoms with Crippen molar-refractivity contribution >= 4 is 16.2 Å². The highest BCUT2D eigenvalue weighted by Gasteiger charge is 2.41. The summed E-state index contributed by atoms with van der Waals surface area (Å²) in [6.45, 7) is 4.60. The van der Waals surface area contributed by atoms with Gasteiger partial charge in [-0.25, -0.2) is 8.98 Å². The molecule has 0 N–H and O–H groups in total. The topological polar surface area (TPSA) is 76.2 Å². The molecular weight excluding hydrogens is 308 g/mol. The predicted molar refractivity (Wildman–Crippen MR) is 81.8 cm³/mol. The van der Waals surface area contributed by atoms with E-state index in [-0.39, 0.29) is 6.04 Å². The molecule has 2 rings (SSSR count). The summed E-state index contributed by atoms with van der Waals surface area (Å²) in [5, 5.41) is 0. The smallest absolute Gasteiger partial charge is 0.412 e. The fraction of sp³-hybridized carbons (Fsp3) is 0.929. The summed E-state index contributed by atoms with van der Waals surface area (Å²) < 4.78 is 32.1. The van der Waals surface area contributed by atoms with Gasteiger partial charge in [-0.15, -0.1) is 0 Å². The second-order valence-electron chi connectivity index (χ2n) is 6.38. The summed E-state index contributed by atoms with van der Waals surface area (Å²) in [5.74, 6) is 0.716. The molecule has 2 heterocycles. The molecule has 2 atom stereocenters. The molecule has 2 fully saturated rings. The van der Waals surface area contributed by atoms with Gasteiger partial charge in [-0.2, -0.15) is 8.42 Å². The van der Waals surface area contributed by atoms with Crippen molar-refractivity contribution in [3.8, 4) is 0 Å². The van der Waals surface area contributed by atoms with Gasteiger partial charge in [-0.3, -0.25) is 4.90 Å². The number of ether oxygens (including phenoxy) is 1. The zero-order valence-corrected chi connectivity index (χ0v) is 14.3. The van der Waals surface area contributed by atoms with Gasteiger partial charge >= 0.3 is 6.09 Å². The molecule has 0 aliphatic carbocycles. The van der Waals surface area contributed by atoms with E-state index in [1.807, 2.05) is 0 Å². The van der Waals surface area contributed by atoms with Gasteiger partial charge in [0.2, 0.25) is 6.29 Å². The maximum absolute atomic E-state index is 11.8. The standard InChI is InChI=1S/C14H26N2O5S/c1-11-13(21-22(3,18)19)20-14(17)16(11)8-4-5-12-6-9-15(2)10-7-12/h11-13H,4-10H2,1-3H3. The van der Waals surface area contributed by atoms with Gasteiger partial charge in [0.05, 0.1) is 12.3 Å². The Morgan fingerprint density at radius 1 is 1.32 bits per heavy atom. The van der Waals surface area contributed by atoms with Gasteiger partial charge in [0.25, 0.3) is 10.1 Å². The molecule has 0 aromatic rings. The maximum Gasteiger partial charge on any atom is 0.412 e. The van der Waals surface area contributed by atoms with Crippen LogP contribution in [0.3, 0.4) is 0 Å². The predicted octanol–water partition coefficient (Wildman–Crippen LogP) is 1.25. The monoisotopic (exact) mass is 334 g/mol. The van der Waals surface area contributed by atoms with E-state index in [1.165, 1.54) is 12.8 Å². The van der Waals surface area contributed by atoms with Crippen LogP contribution in [-0.4, -0.2) is 69.6 Å². The maximum atomic E-state index is 11.8. The van der Waals surface area contributed by atoms with Crippen molar-refractivity contribution in [2.45, 2.75) is 44.9 Å². The van der Waals surface area contributed by atoms with Crippen molar-refractivity contribution in [3.63, 3.8) is 0 Å². The lowest BCUT2D eigenvalue weighted by molar-refractivity contribution is -0.00744. The second-order valence-corrected chi connectivity index (χ2v) is 7.98. The highest BCUT2D eigenvalue weighted by molar-refractivity contribution is 7.86. The second kappa shape index (κ2) is 7.14. The van der Waals surface area contributed by atoms with E-state index in [0.29, 0.717) is 12.5 Å². The van der Waals surface area contributed by atoms with Crippen LogP contribution in [0.15, 0.2) is 0 Å². The van der Waals surface area contributed by atoms with Crippen molar-refractivity contribution in [1.29, 1.82) is 0 Å². The Morgan fingerprint density at radius 3 is 2.55 bits per heavy atom. The first-order valence-corrected chi connectivity index (χ1v) is 9.62. The Kier molecular flexibility index (Phi) is 5.68. The van der Waals surface area contributed by atoms with Gasteiger partial charge in [0.1, 0.15) is 0 Å². The number of amides is 1. The van der Waals surface area contributed by atoms with Crippen molar-refractivity contribution in [1.82, 2.24) is 9.80 Å². The molecule has 128 valence electrons. The number of piperidine rings is 1. The number of carbonyl (C=O) groups is 1. The van der Waals surface area contributed by atoms with Crippen molar-refractivity contribution in [2.75, 3.05) is 32.9 Å². The molecule has 0 aromatic carbocycles. The lowest BCUT2D eigenvalue weighted by Gasteiger charge is -2.29. The minimum absolute atomic E-state index is 0.389. The number of hydrogen-bond donors (Lipinski definition) is 0. The Balaban J connectivity index is 1.76. The van der Waals surface area contributed by atoms with Crippen molar-refractivity contribution < 1.29 is 22.1 Å². The Bertz CT molecular complexity index is 487. The zero-order chi connectivity index (χ0) is 16.3. The SMILES string of the molecule is CC1C(OS(C)(=O)=O)OC(=O)N1CCCC1CCN(C)CC1. The normalized spacial score (nSPS) is 28.1. The Hall–Kier alpha value is -0.860. The van der Waals surface area contributed by atoms with Crippen LogP contribution in [0.5, 0.6) is 0 Å². The highest BCUT2D eigenvalue weighted by Crippen LogP contribution is 2.25. The van der Waals surface area contributed by atoms with Crippen LogP contribution in [0, 0.1) is 5.92 Å². The van der Waals surface area contributed by atoms with E-state index in [0.717, 1.165) is 32.2 Å². The molecule has 0 aromatic heterocycles. The van der Waals surface area contributed by atoms with Gasteiger partial charge in [0.15, 0.2) is 0 Å². The number of likely N-dealkylation sites (tertiary alicyclic amines) is 1.